The lowest BCUT2D eigenvalue weighted by Crippen LogP contribution is -2.22. The van der Waals surface area contributed by atoms with Crippen molar-refractivity contribution >= 4 is 24.9 Å². The first-order chi connectivity index (χ1) is 15.2. The van der Waals surface area contributed by atoms with Gasteiger partial charge in [0.2, 0.25) is 5.78 Å². The third kappa shape index (κ3) is 5.01. The summed E-state index contributed by atoms with van der Waals surface area (Å²) < 4.78 is 18.7. The lowest BCUT2D eigenvalue weighted by molar-refractivity contribution is 0.0833. The number of aryl methyl sites for hydroxylation is 1. The molecule has 168 valence electrons. The number of hydrogen-bond donors (Lipinski definition) is 0. The number of nitrogens with zero attached hydrogens (tertiary/aromatic N) is 3. The number of imidazole rings is 1. The Labute approximate surface area is 189 Å². The Kier molecular flexibility index (Phi) is 7.01. The van der Waals surface area contributed by atoms with Crippen molar-refractivity contribution in [2.45, 2.75) is 39.3 Å². The summed E-state index contributed by atoms with van der Waals surface area (Å²) in [6.07, 6.45) is 0. The van der Waals surface area contributed by atoms with E-state index in [0.29, 0.717) is 40.3 Å². The van der Waals surface area contributed by atoms with E-state index in [2.05, 4.69) is 30.7 Å². The highest BCUT2D eigenvalue weighted by Gasteiger charge is 2.26. The molecule has 2 aromatic carbocycles. The summed E-state index contributed by atoms with van der Waals surface area (Å²) in [6, 6.07) is 11.9. The van der Waals surface area contributed by atoms with Crippen LogP contribution in [0.5, 0.6) is 11.5 Å². The van der Waals surface area contributed by atoms with Crippen molar-refractivity contribution in [3.05, 3.63) is 52.8 Å². The molecule has 0 amide bonds. The second kappa shape index (κ2) is 9.55. The Morgan fingerprint density at radius 1 is 1.12 bits per heavy atom. The van der Waals surface area contributed by atoms with Crippen molar-refractivity contribution in [3.8, 4) is 17.6 Å². The topological polar surface area (TPSA) is 86.4 Å². The monoisotopic (exact) mass is 451 g/mol. The molecule has 0 atom stereocenters. The third-order valence-corrected chi connectivity index (χ3v) is 6.88. The lowest BCUT2D eigenvalue weighted by atomic mass is 10.0. The highest BCUT2D eigenvalue weighted by molar-refractivity contribution is 6.76. The quantitative estimate of drug-likeness (QED) is 0.264. The summed E-state index contributed by atoms with van der Waals surface area (Å²) in [6.45, 7) is 9.52. The number of nitriles is 1. The first-order valence-electron chi connectivity index (χ1n) is 10.4. The number of ether oxygens (including phenoxy) is 3. The number of aromatic nitrogens is 2. The van der Waals surface area contributed by atoms with Gasteiger partial charge in [0, 0.05) is 14.7 Å². The Balaban J connectivity index is 2.10. The molecule has 7 nitrogen and oxygen atoms in total. The number of carbonyl (C=O) groups excluding carboxylic acids is 1. The number of methoxy groups -OCH3 is 2. The summed E-state index contributed by atoms with van der Waals surface area (Å²) in [5.41, 5.74) is 3.00. The molecular formula is C24H29N3O4Si. The van der Waals surface area contributed by atoms with Gasteiger partial charge in [-0.15, -0.1) is 0 Å². The van der Waals surface area contributed by atoms with E-state index in [1.165, 1.54) is 14.2 Å². The average molecular weight is 452 g/mol. The van der Waals surface area contributed by atoms with Gasteiger partial charge in [-0.25, -0.2) is 4.98 Å². The molecule has 0 saturated carbocycles. The predicted molar refractivity (Wildman–Crippen MR) is 126 cm³/mol. The van der Waals surface area contributed by atoms with E-state index in [1.807, 2.05) is 6.92 Å². The second-order valence-corrected chi connectivity index (χ2v) is 14.5. The third-order valence-electron chi connectivity index (χ3n) is 5.17. The Hall–Kier alpha value is -3.15. The Morgan fingerprint density at radius 2 is 1.78 bits per heavy atom. The van der Waals surface area contributed by atoms with Crippen LogP contribution < -0.4 is 9.47 Å². The van der Waals surface area contributed by atoms with Gasteiger partial charge in [-0.1, -0.05) is 19.6 Å². The molecule has 0 bridgehead atoms. The van der Waals surface area contributed by atoms with Gasteiger partial charge in [0.15, 0.2) is 5.82 Å². The van der Waals surface area contributed by atoms with Crippen molar-refractivity contribution < 1.29 is 19.0 Å². The van der Waals surface area contributed by atoms with Crippen LogP contribution in [0, 0.1) is 18.3 Å². The summed E-state index contributed by atoms with van der Waals surface area (Å²) in [5.74, 6) is 0.719. The van der Waals surface area contributed by atoms with E-state index in [-0.39, 0.29) is 18.3 Å². The van der Waals surface area contributed by atoms with Crippen molar-refractivity contribution in [3.63, 3.8) is 0 Å². The molecule has 0 aliphatic rings. The van der Waals surface area contributed by atoms with E-state index < -0.39 is 8.07 Å². The molecule has 0 fully saturated rings. The minimum Gasteiger partial charge on any atom is -0.496 e. The maximum atomic E-state index is 13.7. The first kappa shape index (κ1) is 23.5. The van der Waals surface area contributed by atoms with Gasteiger partial charge in [-0.2, -0.15) is 5.26 Å². The molecule has 1 aromatic heterocycles. The van der Waals surface area contributed by atoms with Crippen LogP contribution in [0.1, 0.15) is 27.3 Å². The van der Waals surface area contributed by atoms with Crippen LogP contribution in [-0.2, 0) is 11.5 Å². The molecule has 0 aliphatic carbocycles. The molecule has 1 heterocycles. The van der Waals surface area contributed by atoms with Gasteiger partial charge >= 0.3 is 0 Å². The van der Waals surface area contributed by atoms with E-state index >= 15 is 0 Å². The smallest absolute Gasteiger partial charge is 0.236 e. The summed E-state index contributed by atoms with van der Waals surface area (Å²) in [4.78, 5) is 18.3. The summed E-state index contributed by atoms with van der Waals surface area (Å²) >= 11 is 0. The number of carbonyl (C=O) groups is 1. The van der Waals surface area contributed by atoms with Crippen LogP contribution in [0.3, 0.4) is 0 Å². The fraction of sp³-hybridized carbons (Fsp3) is 0.375. The number of fused-ring (bicyclic) bond motifs is 1. The molecule has 8 heteroatoms. The maximum absolute atomic E-state index is 13.7. The fourth-order valence-electron chi connectivity index (χ4n) is 3.41. The molecule has 0 aliphatic heterocycles. The zero-order chi connectivity index (χ0) is 23.5. The van der Waals surface area contributed by atoms with Gasteiger partial charge in [0.25, 0.3) is 0 Å². The van der Waals surface area contributed by atoms with E-state index in [9.17, 15) is 10.1 Å². The van der Waals surface area contributed by atoms with Crippen LogP contribution in [-0.4, -0.2) is 44.2 Å². The van der Waals surface area contributed by atoms with Crippen LogP contribution in [0.25, 0.3) is 11.0 Å². The van der Waals surface area contributed by atoms with Crippen LogP contribution >= 0.6 is 0 Å². The van der Waals surface area contributed by atoms with Crippen molar-refractivity contribution in [1.82, 2.24) is 9.55 Å². The number of rotatable bonds is 9. The van der Waals surface area contributed by atoms with Gasteiger partial charge in [-0.3, -0.25) is 9.36 Å². The minimum absolute atomic E-state index is 0.160. The SMILES string of the molecule is COc1cc(C)cc(OC)c1C(=O)c1nc2ccc(C#N)cc2n1COCC[Si](C)(C)C. The molecular weight excluding hydrogens is 422 g/mol. The highest BCUT2D eigenvalue weighted by atomic mass is 28.3. The first-order valence-corrected chi connectivity index (χ1v) is 14.1. The van der Waals surface area contributed by atoms with Crippen LogP contribution in [0.4, 0.5) is 0 Å². The summed E-state index contributed by atoms with van der Waals surface area (Å²) in [5, 5.41) is 9.34. The Bertz CT molecular complexity index is 1160. The second-order valence-electron chi connectivity index (χ2n) is 8.90. The Morgan fingerprint density at radius 3 is 2.34 bits per heavy atom. The van der Waals surface area contributed by atoms with Crippen molar-refractivity contribution in [2.75, 3.05) is 20.8 Å². The van der Waals surface area contributed by atoms with Crippen molar-refractivity contribution in [2.24, 2.45) is 0 Å². The largest absolute Gasteiger partial charge is 0.496 e. The molecule has 3 aromatic rings. The average Bonchev–Trinajstić information content (AvgIpc) is 3.12. The van der Waals surface area contributed by atoms with Gasteiger partial charge < -0.3 is 14.2 Å². The number of hydrogen-bond acceptors (Lipinski definition) is 6. The fourth-order valence-corrected chi connectivity index (χ4v) is 4.17. The minimum atomic E-state index is -1.26. The highest BCUT2D eigenvalue weighted by Crippen LogP contribution is 2.33. The van der Waals surface area contributed by atoms with Crippen LogP contribution in [0.2, 0.25) is 25.7 Å². The van der Waals surface area contributed by atoms with Crippen molar-refractivity contribution in [1.29, 1.82) is 5.26 Å². The molecule has 0 saturated heterocycles. The number of ketones is 1. The maximum Gasteiger partial charge on any atom is 0.236 e. The molecule has 0 radical (unpaired) electrons. The van der Waals surface area contributed by atoms with E-state index in [4.69, 9.17) is 14.2 Å². The van der Waals surface area contributed by atoms with E-state index in [1.54, 1.807) is 34.9 Å². The zero-order valence-electron chi connectivity index (χ0n) is 19.5. The molecule has 0 N–H and O–H groups in total. The number of benzene rings is 2. The van der Waals surface area contributed by atoms with Gasteiger partial charge in [0.05, 0.1) is 36.9 Å². The molecule has 0 unspecified atom stereocenters. The molecule has 3 rings (SSSR count). The van der Waals surface area contributed by atoms with Gasteiger partial charge in [-0.05, 0) is 48.9 Å². The molecule has 0 spiro atoms. The van der Waals surface area contributed by atoms with Gasteiger partial charge in [0.1, 0.15) is 23.8 Å². The zero-order valence-corrected chi connectivity index (χ0v) is 20.5. The standard InChI is InChI=1S/C24H29N3O4Si/c1-16-11-20(29-2)22(21(12-16)30-3)23(28)24-26-18-8-7-17(14-25)13-19(18)27(24)15-31-9-10-32(4,5)6/h7-8,11-13H,9-10,15H2,1-6H3. The predicted octanol–water partition coefficient (Wildman–Crippen LogP) is 4.78. The molecule has 32 heavy (non-hydrogen) atoms. The van der Waals surface area contributed by atoms with E-state index in [0.717, 1.165) is 11.6 Å². The summed E-state index contributed by atoms with van der Waals surface area (Å²) in [7, 11) is 1.78. The normalized spacial score (nSPS) is 11.4. The lowest BCUT2D eigenvalue weighted by Gasteiger charge is -2.17. The van der Waals surface area contributed by atoms with Crippen LogP contribution in [0.15, 0.2) is 30.3 Å².